The SMILES string of the molecule is [CH2-][NH+]1CCC(O)C1. The van der Waals surface area contributed by atoms with Crippen molar-refractivity contribution in [3.05, 3.63) is 7.05 Å². The summed E-state index contributed by atoms with van der Waals surface area (Å²) in [5, 5.41) is 8.84. The number of nitrogens with one attached hydrogen (secondary N) is 1. The predicted octanol–water partition coefficient (Wildman–Crippen LogP) is -1.57. The first kappa shape index (κ1) is 5.06. The van der Waals surface area contributed by atoms with E-state index in [0.717, 1.165) is 19.5 Å². The molecule has 0 aromatic carbocycles. The van der Waals surface area contributed by atoms with E-state index in [0.29, 0.717) is 0 Å². The van der Waals surface area contributed by atoms with Crippen LogP contribution in [0.15, 0.2) is 0 Å². The average molecular weight is 101 g/mol. The molecule has 1 aliphatic heterocycles. The summed E-state index contributed by atoms with van der Waals surface area (Å²) >= 11 is 0. The van der Waals surface area contributed by atoms with Gasteiger partial charge in [-0.05, 0) is 0 Å². The maximum absolute atomic E-state index is 8.84. The second-order valence-corrected chi connectivity index (χ2v) is 2.15. The number of aliphatic hydroxyl groups excluding tert-OH is 1. The van der Waals surface area contributed by atoms with Gasteiger partial charge >= 0.3 is 0 Å². The molecule has 1 fully saturated rings. The predicted molar refractivity (Wildman–Crippen MR) is 26.7 cm³/mol. The van der Waals surface area contributed by atoms with Gasteiger partial charge in [-0.2, -0.15) is 7.05 Å². The summed E-state index contributed by atoms with van der Waals surface area (Å²) in [6, 6.07) is 0. The Kier molecular flexibility index (Phi) is 1.30. The molecule has 1 heterocycles. The van der Waals surface area contributed by atoms with E-state index in [1.807, 2.05) is 0 Å². The van der Waals surface area contributed by atoms with Crippen LogP contribution in [0.3, 0.4) is 0 Å². The van der Waals surface area contributed by atoms with Gasteiger partial charge in [-0.1, -0.05) is 0 Å². The lowest BCUT2D eigenvalue weighted by Crippen LogP contribution is -3.05. The number of likely N-dealkylation sites (tertiary alicyclic amines) is 1. The molecule has 0 amide bonds. The largest absolute Gasteiger partial charge is 0.466 e. The molecule has 2 unspecified atom stereocenters. The Hall–Kier alpha value is -0.0800. The molecule has 1 saturated heterocycles. The van der Waals surface area contributed by atoms with Gasteiger partial charge in [0.25, 0.3) is 0 Å². The van der Waals surface area contributed by atoms with Gasteiger partial charge in [-0.15, -0.1) is 0 Å². The third-order valence-corrected chi connectivity index (χ3v) is 1.36. The summed E-state index contributed by atoms with van der Waals surface area (Å²) in [7, 11) is 3.74. The van der Waals surface area contributed by atoms with Gasteiger partial charge in [0.1, 0.15) is 6.10 Å². The third kappa shape index (κ3) is 1.14. The van der Waals surface area contributed by atoms with E-state index >= 15 is 0 Å². The van der Waals surface area contributed by atoms with Crippen LogP contribution in [-0.4, -0.2) is 24.3 Å². The Labute approximate surface area is 43.7 Å². The number of quaternary nitrogens is 1. The van der Waals surface area contributed by atoms with Crippen molar-refractivity contribution < 1.29 is 10.0 Å². The fourth-order valence-electron chi connectivity index (χ4n) is 0.908. The van der Waals surface area contributed by atoms with Crippen LogP contribution >= 0.6 is 0 Å². The minimum absolute atomic E-state index is 0.0764. The van der Waals surface area contributed by atoms with E-state index in [2.05, 4.69) is 7.05 Å². The molecule has 7 heavy (non-hydrogen) atoms. The Morgan fingerprint density at radius 2 is 2.43 bits per heavy atom. The van der Waals surface area contributed by atoms with E-state index in [1.54, 1.807) is 0 Å². The summed E-state index contributed by atoms with van der Waals surface area (Å²) in [6.45, 7) is 1.86. The zero-order chi connectivity index (χ0) is 5.28. The average Bonchev–Trinajstić information content (AvgIpc) is 1.87. The molecule has 2 atom stereocenters. The molecule has 0 saturated carbocycles. The molecule has 2 nitrogen and oxygen atoms in total. The summed E-state index contributed by atoms with van der Waals surface area (Å²) < 4.78 is 0. The standard InChI is InChI=1S/C5H11NO/c1-6-3-2-5(7)4-6/h5-7H,1-4H2. The highest BCUT2D eigenvalue weighted by atomic mass is 16.3. The van der Waals surface area contributed by atoms with Crippen LogP contribution in [0, 0.1) is 7.05 Å². The maximum atomic E-state index is 8.84. The molecule has 0 spiro atoms. The van der Waals surface area contributed by atoms with Crippen molar-refractivity contribution in [2.45, 2.75) is 12.5 Å². The van der Waals surface area contributed by atoms with E-state index in [-0.39, 0.29) is 6.10 Å². The molecule has 0 radical (unpaired) electrons. The number of rotatable bonds is 0. The van der Waals surface area contributed by atoms with Gasteiger partial charge in [0.15, 0.2) is 0 Å². The van der Waals surface area contributed by atoms with Crippen molar-refractivity contribution in [3.8, 4) is 0 Å². The molecule has 0 aromatic rings. The van der Waals surface area contributed by atoms with E-state index < -0.39 is 0 Å². The van der Waals surface area contributed by atoms with Crippen LogP contribution in [0.4, 0.5) is 0 Å². The van der Waals surface area contributed by atoms with Gasteiger partial charge in [-0.3, -0.25) is 0 Å². The quantitative estimate of drug-likeness (QED) is 0.354. The van der Waals surface area contributed by atoms with E-state index in [4.69, 9.17) is 5.11 Å². The van der Waals surface area contributed by atoms with Gasteiger partial charge in [0, 0.05) is 6.42 Å². The van der Waals surface area contributed by atoms with Crippen molar-refractivity contribution in [1.29, 1.82) is 0 Å². The second-order valence-electron chi connectivity index (χ2n) is 2.15. The molecule has 2 N–H and O–H groups in total. The van der Waals surface area contributed by atoms with Crippen molar-refractivity contribution >= 4 is 0 Å². The van der Waals surface area contributed by atoms with Crippen molar-refractivity contribution in [2.24, 2.45) is 0 Å². The lowest BCUT2D eigenvalue weighted by atomic mass is 10.3. The van der Waals surface area contributed by atoms with Crippen LogP contribution < -0.4 is 4.90 Å². The zero-order valence-electron chi connectivity index (χ0n) is 4.35. The van der Waals surface area contributed by atoms with Crippen LogP contribution in [0.5, 0.6) is 0 Å². The monoisotopic (exact) mass is 101 g/mol. The number of aliphatic hydroxyl groups is 1. The van der Waals surface area contributed by atoms with Crippen LogP contribution in [-0.2, 0) is 0 Å². The Morgan fingerprint density at radius 3 is 2.57 bits per heavy atom. The minimum atomic E-state index is -0.0764. The van der Waals surface area contributed by atoms with Gasteiger partial charge < -0.3 is 10.0 Å². The molecular formula is C5H11NO. The fraction of sp³-hybridized carbons (Fsp3) is 0.800. The Balaban J connectivity index is 2.26. The Bertz CT molecular complexity index is 57.1. The topological polar surface area (TPSA) is 24.7 Å². The second kappa shape index (κ2) is 1.80. The van der Waals surface area contributed by atoms with Crippen LogP contribution in [0.2, 0.25) is 0 Å². The molecular weight excluding hydrogens is 90.1 g/mol. The first-order valence-electron chi connectivity index (χ1n) is 2.64. The van der Waals surface area contributed by atoms with E-state index in [1.165, 1.54) is 4.90 Å². The lowest BCUT2D eigenvalue weighted by molar-refractivity contribution is -0.841. The smallest absolute Gasteiger partial charge is 0.106 e. The molecule has 42 valence electrons. The molecule has 1 rings (SSSR count). The maximum Gasteiger partial charge on any atom is 0.106 e. The van der Waals surface area contributed by atoms with Crippen molar-refractivity contribution in [1.82, 2.24) is 0 Å². The molecule has 1 aliphatic rings. The molecule has 2 heteroatoms. The molecule has 0 aromatic heterocycles. The fourth-order valence-corrected chi connectivity index (χ4v) is 0.908. The highest BCUT2D eigenvalue weighted by Crippen LogP contribution is 1.88. The summed E-state index contributed by atoms with van der Waals surface area (Å²) in [4.78, 5) is 1.20. The highest BCUT2D eigenvalue weighted by Gasteiger charge is 2.15. The highest BCUT2D eigenvalue weighted by molar-refractivity contribution is 4.56. The molecule has 0 aliphatic carbocycles. The minimum Gasteiger partial charge on any atom is -0.466 e. The molecule has 0 bridgehead atoms. The number of hydrogen-bond acceptors (Lipinski definition) is 1. The third-order valence-electron chi connectivity index (χ3n) is 1.36. The Morgan fingerprint density at radius 1 is 1.71 bits per heavy atom. The van der Waals surface area contributed by atoms with Crippen LogP contribution in [0.1, 0.15) is 6.42 Å². The van der Waals surface area contributed by atoms with E-state index in [9.17, 15) is 0 Å². The van der Waals surface area contributed by atoms with Gasteiger partial charge in [0.2, 0.25) is 0 Å². The van der Waals surface area contributed by atoms with Gasteiger partial charge in [-0.25, -0.2) is 0 Å². The summed E-state index contributed by atoms with van der Waals surface area (Å²) in [5.74, 6) is 0. The van der Waals surface area contributed by atoms with Crippen molar-refractivity contribution in [2.75, 3.05) is 13.1 Å². The van der Waals surface area contributed by atoms with Gasteiger partial charge in [0.05, 0.1) is 13.1 Å². The normalized spacial score (nSPS) is 42.0. The first-order valence-corrected chi connectivity index (χ1v) is 2.64. The summed E-state index contributed by atoms with van der Waals surface area (Å²) in [6.07, 6.45) is 0.853. The zero-order valence-corrected chi connectivity index (χ0v) is 4.35. The van der Waals surface area contributed by atoms with Crippen molar-refractivity contribution in [3.63, 3.8) is 0 Å². The number of hydrogen-bond donors (Lipinski definition) is 2. The first-order chi connectivity index (χ1) is 3.29. The lowest BCUT2D eigenvalue weighted by Gasteiger charge is -2.09. The van der Waals surface area contributed by atoms with Crippen LogP contribution in [0.25, 0.3) is 0 Å². The summed E-state index contributed by atoms with van der Waals surface area (Å²) in [5.41, 5.74) is 0.